The highest BCUT2D eigenvalue weighted by atomic mass is 15.0. The maximum Gasteiger partial charge on any atom is 0.111 e. The molecule has 0 bridgehead atoms. The van der Waals surface area contributed by atoms with Crippen LogP contribution in [0.2, 0.25) is 0 Å². The second-order valence-electron chi connectivity index (χ2n) is 5.51. The van der Waals surface area contributed by atoms with E-state index in [0.29, 0.717) is 5.92 Å². The largest absolute Gasteiger partial charge is 0.345 e. The highest BCUT2D eigenvalue weighted by Gasteiger charge is 2.26. The number of rotatable bonds is 3. The molecular weight excluding hydrogens is 210 g/mol. The fourth-order valence-electron chi connectivity index (χ4n) is 3.33. The predicted molar refractivity (Wildman–Crippen MR) is 69.4 cm³/mol. The fraction of sp³-hybridized carbons (Fsp3) is 0.786. The Hall–Kier alpha value is -0.830. The van der Waals surface area contributed by atoms with Crippen LogP contribution < -0.4 is 5.32 Å². The Morgan fingerprint density at radius 1 is 1.18 bits per heavy atom. The molecule has 1 saturated carbocycles. The predicted octanol–water partition coefficient (Wildman–Crippen LogP) is 2.71. The summed E-state index contributed by atoms with van der Waals surface area (Å²) in [5, 5.41) is 3.43. The van der Waals surface area contributed by atoms with Crippen molar-refractivity contribution in [1.29, 1.82) is 0 Å². The zero-order chi connectivity index (χ0) is 11.7. The zero-order valence-electron chi connectivity index (χ0n) is 10.8. The van der Waals surface area contributed by atoms with E-state index in [0.717, 1.165) is 25.4 Å². The lowest BCUT2D eigenvalue weighted by molar-refractivity contribution is 0.676. The van der Waals surface area contributed by atoms with Gasteiger partial charge in [0.15, 0.2) is 0 Å². The summed E-state index contributed by atoms with van der Waals surface area (Å²) in [6.07, 6.45) is 7.81. The van der Waals surface area contributed by atoms with Gasteiger partial charge in [-0.2, -0.15) is 0 Å². The number of nitrogens with one attached hydrogen (secondary N) is 2. The number of H-pyrrole nitrogens is 1. The molecular formula is C14H23N3. The summed E-state index contributed by atoms with van der Waals surface area (Å²) >= 11 is 0. The van der Waals surface area contributed by atoms with Gasteiger partial charge < -0.3 is 10.3 Å². The molecule has 2 N–H and O–H groups in total. The number of imidazole rings is 1. The molecule has 0 amide bonds. The van der Waals surface area contributed by atoms with Gasteiger partial charge in [-0.25, -0.2) is 4.98 Å². The highest BCUT2D eigenvalue weighted by Crippen LogP contribution is 2.36. The number of hydrogen-bond acceptors (Lipinski definition) is 2. The quantitative estimate of drug-likeness (QED) is 0.842. The minimum Gasteiger partial charge on any atom is -0.345 e. The van der Waals surface area contributed by atoms with Crippen molar-refractivity contribution in [3.8, 4) is 0 Å². The van der Waals surface area contributed by atoms with Crippen molar-refractivity contribution in [2.75, 3.05) is 13.1 Å². The normalized spacial score (nSPS) is 25.8. The van der Waals surface area contributed by atoms with Gasteiger partial charge in [-0.1, -0.05) is 19.8 Å². The van der Waals surface area contributed by atoms with Crippen LogP contribution >= 0.6 is 0 Å². The smallest absolute Gasteiger partial charge is 0.111 e. The Morgan fingerprint density at radius 2 is 2.00 bits per heavy atom. The van der Waals surface area contributed by atoms with E-state index < -0.39 is 0 Å². The van der Waals surface area contributed by atoms with Gasteiger partial charge in [0.25, 0.3) is 0 Å². The number of aromatic amines is 1. The molecule has 1 aliphatic carbocycles. The molecule has 0 spiro atoms. The van der Waals surface area contributed by atoms with Gasteiger partial charge in [-0.3, -0.25) is 0 Å². The lowest BCUT2D eigenvalue weighted by Gasteiger charge is -2.07. The molecule has 94 valence electrons. The molecule has 1 unspecified atom stereocenters. The maximum atomic E-state index is 4.95. The molecule has 0 aromatic carbocycles. The van der Waals surface area contributed by atoms with Crippen molar-refractivity contribution >= 4 is 0 Å². The minimum atomic E-state index is 0.621. The van der Waals surface area contributed by atoms with Crippen LogP contribution in [0.5, 0.6) is 0 Å². The monoisotopic (exact) mass is 233 g/mol. The third-order valence-corrected chi connectivity index (χ3v) is 4.37. The molecule has 17 heavy (non-hydrogen) atoms. The number of hydrogen-bond donors (Lipinski definition) is 2. The molecule has 1 aromatic rings. The van der Waals surface area contributed by atoms with Crippen LogP contribution in [-0.2, 0) is 6.42 Å². The van der Waals surface area contributed by atoms with E-state index in [2.05, 4.69) is 17.2 Å². The lowest BCUT2D eigenvalue weighted by Crippen LogP contribution is -2.09. The molecule has 2 aliphatic rings. The van der Waals surface area contributed by atoms with E-state index >= 15 is 0 Å². The maximum absolute atomic E-state index is 4.95. The standard InChI is InChI=1S/C14H23N3/c1-2-12-13(10-5-3-4-6-10)17-14(16-12)11-7-8-15-9-11/h10-11,15H,2-9H2,1H3,(H,16,17). The summed E-state index contributed by atoms with van der Waals surface area (Å²) in [7, 11) is 0. The fourth-order valence-corrected chi connectivity index (χ4v) is 3.33. The molecule has 3 rings (SSSR count). The number of aromatic nitrogens is 2. The molecule has 1 aromatic heterocycles. The molecule has 1 saturated heterocycles. The third kappa shape index (κ3) is 2.13. The molecule has 1 aliphatic heterocycles. The van der Waals surface area contributed by atoms with E-state index in [4.69, 9.17) is 4.98 Å². The van der Waals surface area contributed by atoms with Gasteiger partial charge in [0.05, 0.1) is 5.69 Å². The summed E-state index contributed by atoms with van der Waals surface area (Å²) in [5.74, 6) is 2.61. The molecule has 2 fully saturated rings. The van der Waals surface area contributed by atoms with Crippen molar-refractivity contribution in [1.82, 2.24) is 15.3 Å². The molecule has 1 atom stereocenters. The van der Waals surface area contributed by atoms with Gasteiger partial charge in [0.2, 0.25) is 0 Å². The SMILES string of the molecule is CCc1[nH]c(C2CCNC2)nc1C1CCCC1. The number of nitrogens with zero attached hydrogens (tertiary/aromatic N) is 1. The van der Waals surface area contributed by atoms with Crippen molar-refractivity contribution < 1.29 is 0 Å². The van der Waals surface area contributed by atoms with E-state index in [1.807, 2.05) is 0 Å². The first-order chi connectivity index (χ1) is 8.38. The highest BCUT2D eigenvalue weighted by molar-refractivity contribution is 5.22. The summed E-state index contributed by atoms with van der Waals surface area (Å²) in [6, 6.07) is 0. The van der Waals surface area contributed by atoms with Crippen molar-refractivity contribution in [2.45, 2.75) is 57.3 Å². The van der Waals surface area contributed by atoms with Crippen LogP contribution in [0.15, 0.2) is 0 Å². The molecule has 2 heterocycles. The topological polar surface area (TPSA) is 40.7 Å². The van der Waals surface area contributed by atoms with E-state index in [9.17, 15) is 0 Å². The third-order valence-electron chi connectivity index (χ3n) is 4.37. The van der Waals surface area contributed by atoms with Crippen LogP contribution in [0.25, 0.3) is 0 Å². The summed E-state index contributed by atoms with van der Waals surface area (Å²) in [4.78, 5) is 8.55. The molecule has 3 heteroatoms. The summed E-state index contributed by atoms with van der Waals surface area (Å²) in [5.41, 5.74) is 2.80. The van der Waals surface area contributed by atoms with E-state index in [1.54, 1.807) is 0 Å². The van der Waals surface area contributed by atoms with Crippen LogP contribution in [0.3, 0.4) is 0 Å². The van der Waals surface area contributed by atoms with Crippen molar-refractivity contribution in [3.05, 3.63) is 17.2 Å². The Morgan fingerprint density at radius 3 is 2.65 bits per heavy atom. The van der Waals surface area contributed by atoms with Gasteiger partial charge in [0.1, 0.15) is 5.82 Å². The zero-order valence-corrected chi connectivity index (χ0v) is 10.8. The average molecular weight is 233 g/mol. The Kier molecular flexibility index (Phi) is 3.19. The molecule has 3 nitrogen and oxygen atoms in total. The first-order valence-electron chi connectivity index (χ1n) is 7.18. The molecule has 0 radical (unpaired) electrons. The van der Waals surface area contributed by atoms with E-state index in [1.165, 1.54) is 49.3 Å². The minimum absolute atomic E-state index is 0.621. The van der Waals surface area contributed by atoms with Gasteiger partial charge in [-0.05, 0) is 32.2 Å². The van der Waals surface area contributed by atoms with Gasteiger partial charge in [0, 0.05) is 24.1 Å². The second kappa shape index (κ2) is 4.81. The average Bonchev–Trinajstić information content (AvgIpc) is 3.09. The lowest BCUT2D eigenvalue weighted by atomic mass is 10.0. The van der Waals surface area contributed by atoms with Crippen molar-refractivity contribution in [3.63, 3.8) is 0 Å². The van der Waals surface area contributed by atoms with Gasteiger partial charge in [-0.15, -0.1) is 0 Å². The first kappa shape index (κ1) is 11.3. The van der Waals surface area contributed by atoms with Crippen molar-refractivity contribution in [2.24, 2.45) is 0 Å². The van der Waals surface area contributed by atoms with Gasteiger partial charge >= 0.3 is 0 Å². The van der Waals surface area contributed by atoms with Crippen LogP contribution in [0.1, 0.15) is 68.1 Å². The summed E-state index contributed by atoms with van der Waals surface area (Å²) in [6.45, 7) is 4.48. The summed E-state index contributed by atoms with van der Waals surface area (Å²) < 4.78 is 0. The van der Waals surface area contributed by atoms with Crippen LogP contribution in [0, 0.1) is 0 Å². The second-order valence-corrected chi connectivity index (χ2v) is 5.51. The first-order valence-corrected chi connectivity index (χ1v) is 7.18. The van der Waals surface area contributed by atoms with E-state index in [-0.39, 0.29) is 0 Å². The number of aryl methyl sites for hydroxylation is 1. The van der Waals surface area contributed by atoms with Crippen LogP contribution in [0.4, 0.5) is 0 Å². The Balaban J connectivity index is 1.85. The Bertz CT molecular complexity index is 371. The Labute approximate surface area is 103 Å². The van der Waals surface area contributed by atoms with Crippen LogP contribution in [-0.4, -0.2) is 23.1 Å².